The molecule has 29 heavy (non-hydrogen) atoms. The molecular weight excluding hydrogens is 386 g/mol. The molecule has 2 aromatic rings. The molecule has 0 spiro atoms. The predicted molar refractivity (Wildman–Crippen MR) is 111 cm³/mol. The number of nitrogens with zero attached hydrogens (tertiary/aromatic N) is 2. The number of nitrogens with one attached hydrogen (secondary N) is 1. The Hall–Kier alpha value is -2.02. The van der Waals surface area contributed by atoms with Gasteiger partial charge in [0.1, 0.15) is 5.75 Å². The van der Waals surface area contributed by atoms with Crippen LogP contribution in [0.5, 0.6) is 5.75 Å². The van der Waals surface area contributed by atoms with Crippen molar-refractivity contribution in [2.75, 3.05) is 12.4 Å². The average molecular weight is 414 g/mol. The monoisotopic (exact) mass is 413 g/mol. The first kappa shape index (κ1) is 19.0. The van der Waals surface area contributed by atoms with Gasteiger partial charge in [0.2, 0.25) is 11.8 Å². The molecule has 1 N–H and O–H groups in total. The van der Waals surface area contributed by atoms with Gasteiger partial charge in [0, 0.05) is 5.41 Å². The van der Waals surface area contributed by atoms with E-state index in [1.807, 2.05) is 31.2 Å². The van der Waals surface area contributed by atoms with E-state index in [1.165, 1.54) is 50.3 Å². The summed E-state index contributed by atoms with van der Waals surface area (Å²) in [5.74, 6) is 3.81. The molecule has 4 saturated carbocycles. The Labute approximate surface area is 175 Å². The summed E-state index contributed by atoms with van der Waals surface area (Å²) in [6, 6.07) is 7.39. The number of benzene rings is 1. The van der Waals surface area contributed by atoms with E-state index in [1.54, 1.807) is 7.11 Å². The van der Waals surface area contributed by atoms with E-state index in [4.69, 9.17) is 9.15 Å². The third-order valence-electron chi connectivity index (χ3n) is 6.91. The van der Waals surface area contributed by atoms with E-state index in [-0.39, 0.29) is 16.6 Å². The highest BCUT2D eigenvalue weighted by atomic mass is 32.2. The zero-order valence-corrected chi connectivity index (χ0v) is 17.7. The third kappa shape index (κ3) is 3.54. The van der Waals surface area contributed by atoms with Crippen molar-refractivity contribution in [2.45, 2.75) is 61.3 Å². The zero-order valence-electron chi connectivity index (χ0n) is 16.9. The molecule has 0 unspecified atom stereocenters. The van der Waals surface area contributed by atoms with E-state index < -0.39 is 0 Å². The highest BCUT2D eigenvalue weighted by molar-refractivity contribution is 8.00. The average Bonchev–Trinajstić information content (AvgIpc) is 3.17. The molecule has 6 nitrogen and oxygen atoms in total. The minimum absolute atomic E-state index is 0.0868. The van der Waals surface area contributed by atoms with Gasteiger partial charge < -0.3 is 14.5 Å². The van der Waals surface area contributed by atoms with Crippen LogP contribution in [0.3, 0.4) is 0 Å². The van der Waals surface area contributed by atoms with Crippen LogP contribution in [0.4, 0.5) is 5.69 Å². The normalized spacial score (nSPS) is 30.9. The molecule has 1 atom stereocenters. The van der Waals surface area contributed by atoms with E-state index >= 15 is 0 Å². The number of carbonyl (C=O) groups excluding carboxylic acids is 1. The molecule has 6 rings (SSSR count). The van der Waals surface area contributed by atoms with E-state index in [0.717, 1.165) is 23.6 Å². The second-order valence-corrected chi connectivity index (χ2v) is 10.3. The number of hydrogen-bond donors (Lipinski definition) is 1. The summed E-state index contributed by atoms with van der Waals surface area (Å²) in [6.07, 6.45) is 7.72. The molecule has 0 saturated heterocycles. The van der Waals surface area contributed by atoms with Crippen molar-refractivity contribution < 1.29 is 13.9 Å². The van der Waals surface area contributed by atoms with Gasteiger partial charge in [-0.05, 0) is 75.3 Å². The van der Waals surface area contributed by atoms with Crippen LogP contribution in [-0.2, 0) is 10.2 Å². The van der Waals surface area contributed by atoms with Crippen molar-refractivity contribution in [1.82, 2.24) is 10.2 Å². The van der Waals surface area contributed by atoms with Crippen LogP contribution < -0.4 is 10.1 Å². The number of rotatable bonds is 6. The number of methoxy groups -OCH3 is 1. The molecule has 154 valence electrons. The second kappa shape index (κ2) is 7.35. The fourth-order valence-corrected chi connectivity index (χ4v) is 6.71. The Morgan fingerprint density at radius 1 is 1.17 bits per heavy atom. The van der Waals surface area contributed by atoms with Crippen LogP contribution in [0.1, 0.15) is 51.3 Å². The Bertz CT molecular complexity index is 877. The standard InChI is InChI=1S/C22H27N3O3S/c1-13(19(26)23-17-5-3-4-6-18(17)27-2)29-21-25-24-20(28-21)22-10-14-7-15(11-22)9-16(8-14)12-22/h3-6,13-16H,7-12H2,1-2H3,(H,23,26)/t13-,14?,15?,16?,22?/m0/s1. The second-order valence-electron chi connectivity index (χ2n) is 9.02. The van der Waals surface area contributed by atoms with Crippen molar-refractivity contribution in [1.29, 1.82) is 0 Å². The third-order valence-corrected chi connectivity index (χ3v) is 7.84. The highest BCUT2D eigenvalue weighted by Crippen LogP contribution is 2.60. The molecule has 1 aromatic heterocycles. The summed E-state index contributed by atoms with van der Waals surface area (Å²) >= 11 is 1.32. The first-order valence-electron chi connectivity index (χ1n) is 10.5. The summed E-state index contributed by atoms with van der Waals surface area (Å²) in [4.78, 5) is 12.6. The number of carbonyl (C=O) groups is 1. The van der Waals surface area contributed by atoms with Crippen molar-refractivity contribution in [3.05, 3.63) is 30.2 Å². The van der Waals surface area contributed by atoms with E-state index in [9.17, 15) is 4.79 Å². The number of hydrogen-bond acceptors (Lipinski definition) is 6. The summed E-state index contributed by atoms with van der Waals surface area (Å²) in [5, 5.41) is 11.8. The van der Waals surface area contributed by atoms with Crippen molar-refractivity contribution in [2.24, 2.45) is 17.8 Å². The van der Waals surface area contributed by atoms with Gasteiger partial charge in [-0.1, -0.05) is 23.9 Å². The number of anilines is 1. The summed E-state index contributed by atoms with van der Waals surface area (Å²) < 4.78 is 11.4. The van der Waals surface area contributed by atoms with Gasteiger partial charge in [-0.15, -0.1) is 10.2 Å². The van der Waals surface area contributed by atoms with Crippen LogP contribution in [0.25, 0.3) is 0 Å². The number of thioether (sulfide) groups is 1. The molecule has 7 heteroatoms. The Kier molecular flexibility index (Phi) is 4.81. The fraction of sp³-hybridized carbons (Fsp3) is 0.591. The maximum absolute atomic E-state index is 12.6. The Balaban J connectivity index is 1.26. The van der Waals surface area contributed by atoms with E-state index in [0.29, 0.717) is 16.7 Å². The van der Waals surface area contributed by atoms with Crippen molar-refractivity contribution in [3.63, 3.8) is 0 Å². The van der Waals surface area contributed by atoms with Crippen molar-refractivity contribution in [3.8, 4) is 5.75 Å². The number of para-hydroxylation sites is 2. The van der Waals surface area contributed by atoms with Gasteiger partial charge >= 0.3 is 0 Å². The summed E-state index contributed by atoms with van der Waals surface area (Å²) in [5.41, 5.74) is 0.746. The predicted octanol–water partition coefficient (Wildman–Crippen LogP) is 4.67. The van der Waals surface area contributed by atoms with Gasteiger partial charge in [0.25, 0.3) is 5.22 Å². The minimum Gasteiger partial charge on any atom is -0.495 e. The first-order chi connectivity index (χ1) is 14.0. The molecule has 0 radical (unpaired) electrons. The molecule has 4 aliphatic rings. The molecule has 1 amide bonds. The van der Waals surface area contributed by atoms with E-state index in [2.05, 4.69) is 15.5 Å². The van der Waals surface area contributed by atoms with Crippen LogP contribution in [-0.4, -0.2) is 28.5 Å². The largest absolute Gasteiger partial charge is 0.495 e. The van der Waals surface area contributed by atoms with Crippen LogP contribution >= 0.6 is 11.8 Å². The van der Waals surface area contributed by atoms with Gasteiger partial charge in [-0.3, -0.25) is 4.79 Å². The van der Waals surface area contributed by atoms with Crippen LogP contribution in [0.2, 0.25) is 0 Å². The first-order valence-corrected chi connectivity index (χ1v) is 11.4. The van der Waals surface area contributed by atoms with Crippen molar-refractivity contribution >= 4 is 23.4 Å². The van der Waals surface area contributed by atoms with Gasteiger partial charge in [-0.2, -0.15) is 0 Å². The maximum Gasteiger partial charge on any atom is 0.277 e. The lowest BCUT2D eigenvalue weighted by atomic mass is 9.49. The quantitative estimate of drug-likeness (QED) is 0.694. The van der Waals surface area contributed by atoms with Crippen LogP contribution in [0, 0.1) is 17.8 Å². The molecular formula is C22H27N3O3S. The van der Waals surface area contributed by atoms with Crippen LogP contribution in [0.15, 0.2) is 33.9 Å². The van der Waals surface area contributed by atoms with Gasteiger partial charge in [0.15, 0.2) is 0 Å². The lowest BCUT2D eigenvalue weighted by Crippen LogP contribution is -2.48. The lowest BCUT2D eigenvalue weighted by molar-refractivity contribution is -0.115. The fourth-order valence-electron chi connectivity index (χ4n) is 6.03. The summed E-state index contributed by atoms with van der Waals surface area (Å²) in [7, 11) is 1.59. The number of ether oxygens (including phenoxy) is 1. The highest BCUT2D eigenvalue weighted by Gasteiger charge is 2.54. The van der Waals surface area contributed by atoms with Gasteiger partial charge in [0.05, 0.1) is 18.0 Å². The maximum atomic E-state index is 12.6. The minimum atomic E-state index is -0.357. The number of amides is 1. The molecule has 1 aromatic carbocycles. The molecule has 4 bridgehead atoms. The SMILES string of the molecule is COc1ccccc1NC(=O)[C@H](C)Sc1nnc(C23CC4CC(CC(C4)C2)C3)o1. The topological polar surface area (TPSA) is 77.2 Å². The Morgan fingerprint density at radius 2 is 1.83 bits per heavy atom. The number of aromatic nitrogens is 2. The zero-order chi connectivity index (χ0) is 20.0. The smallest absolute Gasteiger partial charge is 0.277 e. The summed E-state index contributed by atoms with van der Waals surface area (Å²) in [6.45, 7) is 1.85. The molecule has 1 heterocycles. The molecule has 4 aliphatic carbocycles. The molecule has 4 fully saturated rings. The lowest BCUT2D eigenvalue weighted by Gasteiger charge is -2.55. The van der Waals surface area contributed by atoms with Gasteiger partial charge in [-0.25, -0.2) is 0 Å². The Morgan fingerprint density at radius 3 is 2.48 bits per heavy atom. The molecule has 0 aliphatic heterocycles.